The fraction of sp³-hybridized carbons (Fsp3) is 0.750. The molecule has 5 nitrogen and oxygen atoms in total. The molecule has 0 saturated heterocycles. The van der Waals surface area contributed by atoms with E-state index in [1.165, 1.54) is 0 Å². The van der Waals surface area contributed by atoms with Crippen LogP contribution in [-0.4, -0.2) is 43.9 Å². The molecule has 2 N–H and O–H groups in total. The normalized spacial score (nSPS) is 14.3. The van der Waals surface area contributed by atoms with E-state index in [4.69, 9.17) is 9.84 Å². The van der Waals surface area contributed by atoms with Gasteiger partial charge in [-0.25, -0.2) is 0 Å². The van der Waals surface area contributed by atoms with Crippen LogP contribution in [0.2, 0.25) is 0 Å². The van der Waals surface area contributed by atoms with Crippen LogP contribution in [0.3, 0.4) is 0 Å². The van der Waals surface area contributed by atoms with Crippen LogP contribution in [-0.2, 0) is 6.54 Å². The Hall–Kier alpha value is -0.850. The number of anilines is 1. The Bertz CT molecular complexity index is 368. The zero-order valence-corrected chi connectivity index (χ0v) is 12.5. The number of methoxy groups -OCH3 is 1. The second-order valence-electron chi connectivity index (χ2n) is 4.65. The van der Waals surface area contributed by atoms with E-state index >= 15 is 0 Å². The van der Waals surface area contributed by atoms with Crippen molar-refractivity contribution in [3.05, 3.63) is 4.88 Å². The Kier molecular flexibility index (Phi) is 5.84. The van der Waals surface area contributed by atoms with E-state index in [9.17, 15) is 0 Å². The number of ether oxygens (including phenoxy) is 1. The maximum atomic E-state index is 9.10. The summed E-state index contributed by atoms with van der Waals surface area (Å²) in [6.07, 6.45) is 0. The van der Waals surface area contributed by atoms with Crippen molar-refractivity contribution < 1.29 is 9.84 Å². The zero-order chi connectivity index (χ0) is 13.7. The number of rotatable bonds is 7. The van der Waals surface area contributed by atoms with Gasteiger partial charge in [0.1, 0.15) is 0 Å². The molecule has 0 radical (unpaired) electrons. The van der Waals surface area contributed by atoms with E-state index in [0.717, 1.165) is 10.0 Å². The maximum Gasteiger partial charge on any atom is 0.230 e. The van der Waals surface area contributed by atoms with Gasteiger partial charge >= 0.3 is 0 Å². The number of hydrogen-bond donors (Lipinski definition) is 2. The van der Waals surface area contributed by atoms with Crippen LogP contribution in [0.25, 0.3) is 0 Å². The van der Waals surface area contributed by atoms with Crippen LogP contribution < -0.4 is 15.0 Å². The first-order valence-corrected chi connectivity index (χ1v) is 6.86. The standard InChI is InChI=1S/C12H23N3O2S/c1-8(7-16)9(2)13-6-10-11(17-5)14-12(18-10)15(3)4/h8-9,13,16H,6-7H2,1-5H3. The van der Waals surface area contributed by atoms with Gasteiger partial charge in [-0.2, -0.15) is 4.98 Å². The molecule has 0 aliphatic carbocycles. The summed E-state index contributed by atoms with van der Waals surface area (Å²) in [5.74, 6) is 0.914. The van der Waals surface area contributed by atoms with Gasteiger partial charge in [0.05, 0.1) is 12.0 Å². The Morgan fingerprint density at radius 3 is 2.61 bits per heavy atom. The van der Waals surface area contributed by atoms with Gasteiger partial charge in [-0.05, 0) is 12.8 Å². The van der Waals surface area contributed by atoms with Gasteiger partial charge < -0.3 is 20.1 Å². The fourth-order valence-electron chi connectivity index (χ4n) is 1.40. The second kappa shape index (κ2) is 6.92. The second-order valence-corrected chi connectivity index (χ2v) is 5.71. The fourth-order valence-corrected chi connectivity index (χ4v) is 2.30. The first-order valence-electron chi connectivity index (χ1n) is 6.04. The summed E-state index contributed by atoms with van der Waals surface area (Å²) in [6.45, 7) is 4.99. The molecule has 0 saturated carbocycles. The third-order valence-electron chi connectivity index (χ3n) is 2.95. The average Bonchev–Trinajstić information content (AvgIpc) is 2.78. The lowest BCUT2D eigenvalue weighted by molar-refractivity contribution is 0.207. The summed E-state index contributed by atoms with van der Waals surface area (Å²) in [7, 11) is 5.57. The lowest BCUT2D eigenvalue weighted by Gasteiger charge is -2.18. The van der Waals surface area contributed by atoms with Crippen molar-refractivity contribution in [1.29, 1.82) is 0 Å². The summed E-state index contributed by atoms with van der Waals surface area (Å²) >= 11 is 1.62. The van der Waals surface area contributed by atoms with Crippen molar-refractivity contribution in [2.45, 2.75) is 26.4 Å². The summed E-state index contributed by atoms with van der Waals surface area (Å²) in [5, 5.41) is 13.4. The van der Waals surface area contributed by atoms with E-state index in [0.29, 0.717) is 12.4 Å². The Balaban J connectivity index is 2.66. The molecule has 0 aliphatic rings. The molecule has 0 spiro atoms. The van der Waals surface area contributed by atoms with Crippen LogP contribution in [0.4, 0.5) is 5.13 Å². The molecule has 0 aromatic carbocycles. The van der Waals surface area contributed by atoms with Crippen molar-refractivity contribution in [3.8, 4) is 5.88 Å². The number of hydrogen-bond acceptors (Lipinski definition) is 6. The van der Waals surface area contributed by atoms with E-state index in [1.54, 1.807) is 18.4 Å². The highest BCUT2D eigenvalue weighted by atomic mass is 32.1. The monoisotopic (exact) mass is 273 g/mol. The predicted octanol–water partition coefficient (Wildman–Crippen LogP) is 1.32. The Morgan fingerprint density at radius 2 is 2.11 bits per heavy atom. The van der Waals surface area contributed by atoms with Gasteiger partial charge in [0.25, 0.3) is 0 Å². The van der Waals surface area contributed by atoms with Gasteiger partial charge in [-0.3, -0.25) is 0 Å². The van der Waals surface area contributed by atoms with Crippen molar-refractivity contribution in [1.82, 2.24) is 10.3 Å². The molecule has 2 atom stereocenters. The number of nitrogens with one attached hydrogen (secondary N) is 1. The first-order chi connectivity index (χ1) is 8.49. The molecule has 1 rings (SSSR count). The minimum atomic E-state index is 0.191. The summed E-state index contributed by atoms with van der Waals surface area (Å²) in [6, 6.07) is 0.254. The van der Waals surface area contributed by atoms with E-state index in [1.807, 2.05) is 25.9 Å². The number of thiazole rings is 1. The minimum Gasteiger partial charge on any atom is -0.480 e. The lowest BCUT2D eigenvalue weighted by atomic mass is 10.1. The molecule has 0 bridgehead atoms. The van der Waals surface area contributed by atoms with Crippen molar-refractivity contribution in [3.63, 3.8) is 0 Å². The Labute approximate surface area is 113 Å². The number of aromatic nitrogens is 1. The molecule has 0 aliphatic heterocycles. The average molecular weight is 273 g/mol. The van der Waals surface area contributed by atoms with Crippen LogP contribution in [0.5, 0.6) is 5.88 Å². The molecule has 104 valence electrons. The molecule has 0 amide bonds. The number of aliphatic hydroxyl groups is 1. The SMILES string of the molecule is COc1nc(N(C)C)sc1CNC(C)C(C)CO. The van der Waals surface area contributed by atoms with Gasteiger partial charge in [0.2, 0.25) is 5.88 Å². The van der Waals surface area contributed by atoms with Crippen LogP contribution >= 0.6 is 11.3 Å². The number of nitrogens with zero attached hydrogens (tertiary/aromatic N) is 2. The molecule has 1 aromatic heterocycles. The minimum absolute atomic E-state index is 0.191. The largest absolute Gasteiger partial charge is 0.480 e. The van der Waals surface area contributed by atoms with E-state index < -0.39 is 0 Å². The van der Waals surface area contributed by atoms with Gasteiger partial charge in [0.15, 0.2) is 5.13 Å². The van der Waals surface area contributed by atoms with Crippen LogP contribution in [0.15, 0.2) is 0 Å². The summed E-state index contributed by atoms with van der Waals surface area (Å²) in [5.41, 5.74) is 0. The number of aliphatic hydroxyl groups excluding tert-OH is 1. The molecular formula is C12H23N3O2S. The highest BCUT2D eigenvalue weighted by Gasteiger charge is 2.15. The Morgan fingerprint density at radius 1 is 1.44 bits per heavy atom. The van der Waals surface area contributed by atoms with Gasteiger partial charge in [-0.1, -0.05) is 18.3 Å². The highest BCUT2D eigenvalue weighted by molar-refractivity contribution is 7.15. The quantitative estimate of drug-likeness (QED) is 0.785. The lowest BCUT2D eigenvalue weighted by Crippen LogP contribution is -2.33. The highest BCUT2D eigenvalue weighted by Crippen LogP contribution is 2.30. The van der Waals surface area contributed by atoms with E-state index in [-0.39, 0.29) is 18.6 Å². The predicted molar refractivity (Wildman–Crippen MR) is 75.5 cm³/mol. The van der Waals surface area contributed by atoms with Crippen LogP contribution in [0.1, 0.15) is 18.7 Å². The third-order valence-corrected chi connectivity index (χ3v) is 4.16. The van der Waals surface area contributed by atoms with Crippen LogP contribution in [0, 0.1) is 5.92 Å². The molecule has 1 heterocycles. The van der Waals surface area contributed by atoms with Crippen molar-refractivity contribution in [2.75, 3.05) is 32.7 Å². The molecule has 2 unspecified atom stereocenters. The summed E-state index contributed by atoms with van der Waals surface area (Å²) in [4.78, 5) is 7.45. The third kappa shape index (κ3) is 3.83. The van der Waals surface area contributed by atoms with Crippen molar-refractivity contribution >= 4 is 16.5 Å². The smallest absolute Gasteiger partial charge is 0.230 e. The molecule has 1 aromatic rings. The van der Waals surface area contributed by atoms with Crippen molar-refractivity contribution in [2.24, 2.45) is 5.92 Å². The molecule has 6 heteroatoms. The summed E-state index contributed by atoms with van der Waals surface area (Å²) < 4.78 is 5.28. The first kappa shape index (κ1) is 15.2. The molecule has 18 heavy (non-hydrogen) atoms. The van der Waals surface area contributed by atoms with Gasteiger partial charge in [0, 0.05) is 33.3 Å². The zero-order valence-electron chi connectivity index (χ0n) is 11.7. The van der Waals surface area contributed by atoms with E-state index in [2.05, 4.69) is 17.2 Å². The maximum absolute atomic E-state index is 9.10. The topological polar surface area (TPSA) is 57.6 Å². The van der Waals surface area contributed by atoms with Gasteiger partial charge in [-0.15, -0.1) is 0 Å². The molecule has 0 fully saturated rings. The molecular weight excluding hydrogens is 250 g/mol.